The highest BCUT2D eigenvalue weighted by Gasteiger charge is 2.07. The molecule has 2 aromatic carbocycles. The highest BCUT2D eigenvalue weighted by atomic mass is 35.5. The number of nitrogens with one attached hydrogen (secondary N) is 1. The molecule has 0 heterocycles. The van der Waals surface area contributed by atoms with Gasteiger partial charge >= 0.3 is 0 Å². The van der Waals surface area contributed by atoms with E-state index >= 15 is 0 Å². The van der Waals surface area contributed by atoms with Gasteiger partial charge in [-0.05, 0) is 24.3 Å². The van der Waals surface area contributed by atoms with Gasteiger partial charge in [0.2, 0.25) is 0 Å². The third kappa shape index (κ3) is 3.73. The summed E-state index contributed by atoms with van der Waals surface area (Å²) in [6.45, 7) is 0. The molecule has 1 N–H and O–H groups in total. The lowest BCUT2D eigenvalue weighted by Crippen LogP contribution is -2.17. The lowest BCUT2D eigenvalue weighted by molar-refractivity contribution is 0.0955. The van der Waals surface area contributed by atoms with E-state index in [4.69, 9.17) is 34.8 Å². The maximum absolute atomic E-state index is 11.8. The van der Waals surface area contributed by atoms with Gasteiger partial charge in [-0.3, -0.25) is 4.79 Å². The molecule has 0 spiro atoms. The molecule has 0 saturated heterocycles. The minimum absolute atomic E-state index is 0.355. The van der Waals surface area contributed by atoms with Crippen LogP contribution >= 0.6 is 34.8 Å². The number of benzene rings is 2. The Morgan fingerprint density at radius 2 is 1.80 bits per heavy atom. The fourth-order valence-corrected chi connectivity index (χ4v) is 2.15. The quantitative estimate of drug-likeness (QED) is 0.658. The predicted octanol–water partition coefficient (Wildman–Crippen LogP) is 4.41. The molecule has 0 aromatic heterocycles. The van der Waals surface area contributed by atoms with Gasteiger partial charge in [-0.1, -0.05) is 53.0 Å². The van der Waals surface area contributed by atoms with E-state index in [1.165, 1.54) is 6.21 Å². The second-order valence-electron chi connectivity index (χ2n) is 3.84. The fourth-order valence-electron chi connectivity index (χ4n) is 1.47. The van der Waals surface area contributed by atoms with Gasteiger partial charge in [-0.2, -0.15) is 5.10 Å². The second-order valence-corrected chi connectivity index (χ2v) is 5.10. The van der Waals surface area contributed by atoms with E-state index in [2.05, 4.69) is 10.5 Å². The van der Waals surface area contributed by atoms with Crippen LogP contribution in [0.25, 0.3) is 0 Å². The first-order valence-electron chi connectivity index (χ1n) is 5.61. The molecule has 0 aliphatic rings. The highest BCUT2D eigenvalue weighted by molar-refractivity contribution is 6.36. The number of carbonyl (C=O) groups is 1. The van der Waals surface area contributed by atoms with Crippen LogP contribution in [0, 0.1) is 0 Å². The molecule has 2 rings (SSSR count). The van der Waals surface area contributed by atoms with Crippen molar-refractivity contribution in [3.05, 3.63) is 68.7 Å². The molecule has 6 heteroatoms. The Morgan fingerprint density at radius 1 is 1.05 bits per heavy atom. The maximum atomic E-state index is 11.8. The Morgan fingerprint density at radius 3 is 2.50 bits per heavy atom. The molecule has 0 saturated carbocycles. The number of hydrogen-bond donors (Lipinski definition) is 1. The van der Waals surface area contributed by atoms with Gasteiger partial charge in [0.15, 0.2) is 0 Å². The van der Waals surface area contributed by atoms with Crippen LogP contribution in [0.1, 0.15) is 15.9 Å². The molecule has 2 aromatic rings. The van der Waals surface area contributed by atoms with Crippen LogP contribution in [0.2, 0.25) is 15.1 Å². The van der Waals surface area contributed by atoms with Crippen molar-refractivity contribution in [2.45, 2.75) is 0 Å². The molecule has 0 radical (unpaired) electrons. The number of hydrazone groups is 1. The molecule has 0 bridgehead atoms. The van der Waals surface area contributed by atoms with Gasteiger partial charge in [-0.25, -0.2) is 5.43 Å². The van der Waals surface area contributed by atoms with E-state index in [-0.39, 0.29) is 0 Å². The first-order chi connectivity index (χ1) is 9.58. The van der Waals surface area contributed by atoms with Crippen molar-refractivity contribution in [1.82, 2.24) is 5.43 Å². The summed E-state index contributed by atoms with van der Waals surface area (Å²) < 4.78 is 0. The van der Waals surface area contributed by atoms with Gasteiger partial charge in [0, 0.05) is 10.6 Å². The molecular weight excluding hydrogens is 319 g/mol. The molecule has 0 atom stereocenters. The number of hydrogen-bond acceptors (Lipinski definition) is 2. The molecule has 0 unspecified atom stereocenters. The largest absolute Gasteiger partial charge is 0.272 e. The number of nitrogens with zero attached hydrogens (tertiary/aromatic N) is 1. The summed E-state index contributed by atoms with van der Waals surface area (Å²) >= 11 is 17.7. The molecular formula is C14H9Cl3N2O. The normalized spacial score (nSPS) is 10.8. The Hall–Kier alpha value is -1.55. The van der Waals surface area contributed by atoms with E-state index in [9.17, 15) is 4.79 Å². The second kappa shape index (κ2) is 6.75. The summed E-state index contributed by atoms with van der Waals surface area (Å²) in [5.41, 5.74) is 3.39. The van der Waals surface area contributed by atoms with Crippen LogP contribution in [0.4, 0.5) is 0 Å². The summed E-state index contributed by atoms with van der Waals surface area (Å²) in [4.78, 5) is 11.8. The van der Waals surface area contributed by atoms with E-state index < -0.39 is 5.91 Å². The standard InChI is InChI=1S/C14H9Cl3N2O/c15-10-6-5-9(13(17)7-10)8-18-19-14(20)11-3-1-2-4-12(11)16/h1-8H,(H,19,20). The van der Waals surface area contributed by atoms with Gasteiger partial charge in [0.25, 0.3) is 5.91 Å². The maximum Gasteiger partial charge on any atom is 0.272 e. The van der Waals surface area contributed by atoms with Crippen LogP contribution < -0.4 is 5.43 Å². The third-order valence-electron chi connectivity index (χ3n) is 2.45. The molecule has 0 fully saturated rings. The number of amides is 1. The van der Waals surface area contributed by atoms with Crippen molar-refractivity contribution in [1.29, 1.82) is 0 Å². The molecule has 102 valence electrons. The average Bonchev–Trinajstić information content (AvgIpc) is 2.41. The van der Waals surface area contributed by atoms with Crippen LogP contribution in [0.15, 0.2) is 47.6 Å². The highest BCUT2D eigenvalue weighted by Crippen LogP contribution is 2.19. The summed E-state index contributed by atoms with van der Waals surface area (Å²) in [6, 6.07) is 11.7. The number of rotatable bonds is 3. The van der Waals surface area contributed by atoms with Crippen molar-refractivity contribution in [3.63, 3.8) is 0 Å². The average molecular weight is 328 g/mol. The van der Waals surface area contributed by atoms with Crippen molar-refractivity contribution < 1.29 is 4.79 Å². The van der Waals surface area contributed by atoms with Crippen LogP contribution in [-0.4, -0.2) is 12.1 Å². The SMILES string of the molecule is O=C(NN=Cc1ccc(Cl)cc1Cl)c1ccccc1Cl. The lowest BCUT2D eigenvalue weighted by Gasteiger charge is -2.02. The van der Waals surface area contributed by atoms with Crippen molar-refractivity contribution in [2.24, 2.45) is 5.10 Å². The van der Waals surface area contributed by atoms with Crippen LogP contribution in [0.5, 0.6) is 0 Å². The zero-order chi connectivity index (χ0) is 14.5. The molecule has 1 amide bonds. The topological polar surface area (TPSA) is 41.5 Å². The van der Waals surface area contributed by atoms with Crippen LogP contribution in [-0.2, 0) is 0 Å². The summed E-state index contributed by atoms with van der Waals surface area (Å²) in [5, 5.41) is 5.19. The molecule has 0 aliphatic carbocycles. The Kier molecular flexibility index (Phi) is 5.01. The summed E-state index contributed by atoms with van der Waals surface area (Å²) in [5.74, 6) is -0.392. The minimum Gasteiger partial charge on any atom is -0.267 e. The van der Waals surface area contributed by atoms with Crippen LogP contribution in [0.3, 0.4) is 0 Å². The number of carbonyl (C=O) groups excluding carboxylic acids is 1. The molecule has 0 aliphatic heterocycles. The third-order valence-corrected chi connectivity index (χ3v) is 3.34. The molecule has 3 nitrogen and oxygen atoms in total. The Labute approximate surface area is 131 Å². The van der Waals surface area contributed by atoms with E-state index in [1.54, 1.807) is 42.5 Å². The molecule has 20 heavy (non-hydrogen) atoms. The van der Waals surface area contributed by atoms with Gasteiger partial charge < -0.3 is 0 Å². The van der Waals surface area contributed by atoms with Gasteiger partial charge in [0.1, 0.15) is 0 Å². The Bertz CT molecular complexity index is 671. The van der Waals surface area contributed by atoms with Crippen molar-refractivity contribution >= 4 is 46.9 Å². The fraction of sp³-hybridized carbons (Fsp3) is 0. The number of halogens is 3. The Balaban J connectivity index is 2.07. The van der Waals surface area contributed by atoms with Crippen molar-refractivity contribution in [3.8, 4) is 0 Å². The van der Waals surface area contributed by atoms with E-state index in [1.807, 2.05) is 0 Å². The zero-order valence-corrected chi connectivity index (χ0v) is 12.4. The lowest BCUT2D eigenvalue weighted by atomic mass is 10.2. The smallest absolute Gasteiger partial charge is 0.267 e. The van der Waals surface area contributed by atoms with E-state index in [0.717, 1.165) is 0 Å². The summed E-state index contributed by atoms with van der Waals surface area (Å²) in [7, 11) is 0. The first kappa shape index (κ1) is 14.9. The van der Waals surface area contributed by atoms with Gasteiger partial charge in [-0.15, -0.1) is 0 Å². The predicted molar refractivity (Wildman–Crippen MR) is 83.0 cm³/mol. The first-order valence-corrected chi connectivity index (χ1v) is 6.74. The monoisotopic (exact) mass is 326 g/mol. The zero-order valence-electron chi connectivity index (χ0n) is 10.1. The van der Waals surface area contributed by atoms with E-state index in [0.29, 0.717) is 26.2 Å². The van der Waals surface area contributed by atoms with Gasteiger partial charge in [0.05, 0.1) is 21.8 Å². The minimum atomic E-state index is -0.392. The summed E-state index contributed by atoms with van der Waals surface area (Å²) in [6.07, 6.45) is 1.44. The van der Waals surface area contributed by atoms with Crippen molar-refractivity contribution in [2.75, 3.05) is 0 Å².